The summed E-state index contributed by atoms with van der Waals surface area (Å²) in [6.07, 6.45) is 7.35. The van der Waals surface area contributed by atoms with E-state index in [1.165, 1.54) is 31.2 Å². The number of halogens is 1. The van der Waals surface area contributed by atoms with Gasteiger partial charge in [0.2, 0.25) is 0 Å². The molecule has 1 aromatic carbocycles. The van der Waals surface area contributed by atoms with Gasteiger partial charge in [0.05, 0.1) is 0 Å². The number of aryl methyl sites for hydroxylation is 1. The van der Waals surface area contributed by atoms with Crippen molar-refractivity contribution in [2.24, 2.45) is 12.0 Å². The molecule has 1 aliphatic carbocycles. The zero-order valence-corrected chi connectivity index (χ0v) is 20.3. The van der Waals surface area contributed by atoms with E-state index < -0.39 is 0 Å². The second-order valence-electron chi connectivity index (χ2n) is 7.87. The Bertz CT molecular complexity index is 765. The van der Waals surface area contributed by atoms with Gasteiger partial charge < -0.3 is 15.2 Å². The van der Waals surface area contributed by atoms with Crippen LogP contribution >= 0.6 is 24.0 Å². The van der Waals surface area contributed by atoms with Crippen LogP contribution in [0.25, 0.3) is 0 Å². The first-order valence-corrected chi connectivity index (χ1v) is 10.6. The first kappa shape index (κ1) is 23.6. The van der Waals surface area contributed by atoms with Crippen molar-refractivity contribution in [2.75, 3.05) is 13.1 Å². The molecule has 29 heavy (non-hydrogen) atoms. The average Bonchev–Trinajstić information content (AvgIpc) is 3.33. The minimum atomic E-state index is 0. The van der Waals surface area contributed by atoms with Gasteiger partial charge >= 0.3 is 0 Å². The smallest absolute Gasteiger partial charge is 0.191 e. The molecule has 160 valence electrons. The predicted molar refractivity (Wildman–Crippen MR) is 130 cm³/mol. The summed E-state index contributed by atoms with van der Waals surface area (Å²) >= 11 is 0. The molecule has 1 heterocycles. The fraction of sp³-hybridized carbons (Fsp3) is 0.591. The van der Waals surface area contributed by atoms with Gasteiger partial charge in [-0.05, 0) is 31.7 Å². The predicted octanol–water partition coefficient (Wildman–Crippen LogP) is 4.09. The van der Waals surface area contributed by atoms with Crippen molar-refractivity contribution in [3.8, 4) is 0 Å². The maximum absolute atomic E-state index is 4.80. The average molecular weight is 510 g/mol. The second-order valence-corrected chi connectivity index (χ2v) is 7.87. The van der Waals surface area contributed by atoms with Crippen molar-refractivity contribution in [1.82, 2.24) is 25.4 Å². The van der Waals surface area contributed by atoms with E-state index in [-0.39, 0.29) is 29.4 Å². The van der Waals surface area contributed by atoms with E-state index in [1.807, 2.05) is 18.5 Å². The Morgan fingerprint density at radius 3 is 2.48 bits per heavy atom. The lowest BCUT2D eigenvalue weighted by atomic mass is 9.79. The van der Waals surface area contributed by atoms with E-state index in [9.17, 15) is 0 Å². The Labute approximate surface area is 192 Å². The highest BCUT2D eigenvalue weighted by Crippen LogP contribution is 2.40. The lowest BCUT2D eigenvalue weighted by molar-refractivity contribution is 0.431. The first-order valence-electron chi connectivity index (χ1n) is 10.6. The van der Waals surface area contributed by atoms with Gasteiger partial charge in [0, 0.05) is 25.6 Å². The molecule has 7 heteroatoms. The molecule has 0 radical (unpaired) electrons. The molecule has 0 spiro atoms. The van der Waals surface area contributed by atoms with Gasteiger partial charge in [0.25, 0.3) is 0 Å². The highest BCUT2D eigenvalue weighted by atomic mass is 127. The molecule has 0 saturated heterocycles. The third kappa shape index (κ3) is 6.17. The zero-order chi connectivity index (χ0) is 19.8. The summed E-state index contributed by atoms with van der Waals surface area (Å²) < 4.78 is 2.00. The molecule has 1 aromatic heterocycles. The minimum absolute atomic E-state index is 0. The number of hydrogen-bond donors (Lipinski definition) is 2. The molecule has 1 fully saturated rings. The van der Waals surface area contributed by atoms with Crippen molar-refractivity contribution in [1.29, 1.82) is 0 Å². The molecule has 1 saturated carbocycles. The topological polar surface area (TPSA) is 67.1 Å². The largest absolute Gasteiger partial charge is 0.356 e. The fourth-order valence-electron chi connectivity index (χ4n) is 3.96. The zero-order valence-electron chi connectivity index (χ0n) is 17.9. The van der Waals surface area contributed by atoms with Crippen LogP contribution in [0.1, 0.15) is 62.7 Å². The van der Waals surface area contributed by atoms with E-state index in [0.29, 0.717) is 6.54 Å². The second kappa shape index (κ2) is 11.5. The Morgan fingerprint density at radius 1 is 1.14 bits per heavy atom. The van der Waals surface area contributed by atoms with Crippen LogP contribution in [0.15, 0.2) is 35.3 Å². The summed E-state index contributed by atoms with van der Waals surface area (Å²) in [5.74, 6) is 2.66. The quantitative estimate of drug-likeness (QED) is 0.243. The number of unbranched alkanes of at least 4 members (excludes halogenated alkanes) is 1. The molecular formula is C22H35IN6. The summed E-state index contributed by atoms with van der Waals surface area (Å²) in [6.45, 7) is 6.53. The Hall–Kier alpha value is -1.64. The Balaban J connectivity index is 0.00000300. The van der Waals surface area contributed by atoms with E-state index in [1.54, 1.807) is 0 Å². The van der Waals surface area contributed by atoms with Crippen LogP contribution in [0.2, 0.25) is 0 Å². The van der Waals surface area contributed by atoms with Crippen LogP contribution in [-0.4, -0.2) is 33.8 Å². The maximum atomic E-state index is 4.80. The molecule has 0 atom stereocenters. The molecule has 6 nitrogen and oxygen atoms in total. The van der Waals surface area contributed by atoms with Gasteiger partial charge in [-0.25, -0.2) is 4.99 Å². The number of rotatable bonds is 8. The Morgan fingerprint density at radius 2 is 1.86 bits per heavy atom. The molecule has 0 amide bonds. The lowest BCUT2D eigenvalue weighted by Crippen LogP contribution is -2.45. The van der Waals surface area contributed by atoms with Crippen LogP contribution in [-0.2, 0) is 19.0 Å². The molecular weight excluding hydrogens is 475 g/mol. The van der Waals surface area contributed by atoms with E-state index in [0.717, 1.165) is 43.5 Å². The van der Waals surface area contributed by atoms with Crippen LogP contribution in [0.3, 0.4) is 0 Å². The molecule has 2 aromatic rings. The minimum Gasteiger partial charge on any atom is -0.356 e. The number of nitrogens with one attached hydrogen (secondary N) is 2. The highest BCUT2D eigenvalue weighted by molar-refractivity contribution is 14.0. The van der Waals surface area contributed by atoms with Gasteiger partial charge in [0.15, 0.2) is 11.8 Å². The van der Waals surface area contributed by atoms with Gasteiger partial charge in [-0.3, -0.25) is 0 Å². The van der Waals surface area contributed by atoms with Crippen molar-refractivity contribution in [3.05, 3.63) is 47.5 Å². The molecule has 0 unspecified atom stereocenters. The van der Waals surface area contributed by atoms with Crippen molar-refractivity contribution >= 4 is 29.9 Å². The van der Waals surface area contributed by atoms with Crippen LogP contribution in [0, 0.1) is 6.92 Å². The summed E-state index contributed by atoms with van der Waals surface area (Å²) in [7, 11) is 1.99. The molecule has 2 N–H and O–H groups in total. The molecule has 1 aliphatic rings. The number of hydrogen-bond acceptors (Lipinski definition) is 3. The van der Waals surface area contributed by atoms with E-state index >= 15 is 0 Å². The van der Waals surface area contributed by atoms with Crippen LogP contribution in [0.4, 0.5) is 0 Å². The first-order chi connectivity index (χ1) is 13.6. The standard InChI is InChI=1S/C22H34N6.HI/c1-4-5-15-23-21(24-16-20-27-26-18(2)28(20)3)25-17-22(13-9-10-14-22)19-11-7-6-8-12-19;/h6-8,11-12H,4-5,9-10,13-17H2,1-3H3,(H2,23,24,25);1H. The van der Waals surface area contributed by atoms with Gasteiger partial charge in [0.1, 0.15) is 12.4 Å². The fourth-order valence-corrected chi connectivity index (χ4v) is 3.96. The number of aromatic nitrogens is 3. The summed E-state index contributed by atoms with van der Waals surface area (Å²) in [6, 6.07) is 11.0. The van der Waals surface area contributed by atoms with Crippen molar-refractivity contribution in [3.63, 3.8) is 0 Å². The molecule has 0 aliphatic heterocycles. The van der Waals surface area contributed by atoms with Crippen molar-refractivity contribution in [2.45, 2.75) is 64.3 Å². The third-order valence-corrected chi connectivity index (χ3v) is 5.93. The summed E-state index contributed by atoms with van der Waals surface area (Å²) in [4.78, 5) is 4.80. The molecule has 0 bridgehead atoms. The number of benzene rings is 1. The van der Waals surface area contributed by atoms with Crippen molar-refractivity contribution < 1.29 is 0 Å². The number of guanidine groups is 1. The third-order valence-electron chi connectivity index (χ3n) is 5.93. The highest BCUT2D eigenvalue weighted by Gasteiger charge is 2.35. The maximum Gasteiger partial charge on any atom is 0.191 e. The summed E-state index contributed by atoms with van der Waals surface area (Å²) in [5, 5.41) is 15.5. The molecule has 3 rings (SSSR count). The van der Waals surface area contributed by atoms with E-state index in [2.05, 4.69) is 58.1 Å². The van der Waals surface area contributed by atoms with Crippen LogP contribution in [0.5, 0.6) is 0 Å². The van der Waals surface area contributed by atoms with E-state index in [4.69, 9.17) is 4.99 Å². The van der Waals surface area contributed by atoms with Gasteiger partial charge in [-0.1, -0.05) is 56.5 Å². The number of nitrogens with zero attached hydrogens (tertiary/aromatic N) is 4. The van der Waals surface area contributed by atoms with Crippen LogP contribution < -0.4 is 10.6 Å². The normalized spacial score (nSPS) is 15.8. The van der Waals surface area contributed by atoms with Gasteiger partial charge in [-0.2, -0.15) is 0 Å². The SMILES string of the molecule is CCCCNC(=NCc1nnc(C)n1C)NCC1(c2ccccc2)CCCC1.I. The Kier molecular flexibility index (Phi) is 9.39. The number of aliphatic imine (C=N–C) groups is 1. The van der Waals surface area contributed by atoms with Gasteiger partial charge in [-0.15, -0.1) is 34.2 Å². The summed E-state index contributed by atoms with van der Waals surface area (Å²) in [5.41, 5.74) is 1.65. The monoisotopic (exact) mass is 510 g/mol. The lowest BCUT2D eigenvalue weighted by Gasteiger charge is -2.31.